The number of carboxylic acid groups (broad SMARTS) is 1. The minimum atomic E-state index is -0.621. The number of hydrogen-bond donors (Lipinski definition) is 1. The van der Waals surface area contributed by atoms with Gasteiger partial charge in [-0.3, -0.25) is 9.69 Å². The van der Waals surface area contributed by atoms with Gasteiger partial charge in [-0.15, -0.1) is 0 Å². The molecule has 0 amide bonds. The van der Waals surface area contributed by atoms with Crippen LogP contribution in [0.15, 0.2) is 0 Å². The SMILES string of the molecule is CCCC(C)N1CCC(C(=O)O)CC1C. The van der Waals surface area contributed by atoms with Crippen LogP contribution in [0.5, 0.6) is 0 Å². The number of nitrogens with zero attached hydrogens (tertiary/aromatic N) is 1. The third kappa shape index (κ3) is 3.20. The van der Waals surface area contributed by atoms with E-state index in [9.17, 15) is 4.79 Å². The van der Waals surface area contributed by atoms with Crippen molar-refractivity contribution >= 4 is 5.97 Å². The zero-order valence-electron chi connectivity index (χ0n) is 10.1. The van der Waals surface area contributed by atoms with E-state index in [0.29, 0.717) is 12.1 Å². The molecular weight excluding hydrogens is 190 g/mol. The lowest BCUT2D eigenvalue weighted by molar-refractivity contribution is -0.144. The van der Waals surface area contributed by atoms with E-state index in [1.54, 1.807) is 0 Å². The summed E-state index contributed by atoms with van der Waals surface area (Å²) in [7, 11) is 0. The smallest absolute Gasteiger partial charge is 0.306 e. The fraction of sp³-hybridized carbons (Fsp3) is 0.917. The molecule has 0 aromatic rings. The molecule has 1 saturated heterocycles. The van der Waals surface area contributed by atoms with Crippen molar-refractivity contribution in [1.82, 2.24) is 4.90 Å². The molecular formula is C12H23NO2. The molecule has 1 N–H and O–H groups in total. The van der Waals surface area contributed by atoms with Gasteiger partial charge in [0.25, 0.3) is 0 Å². The van der Waals surface area contributed by atoms with E-state index < -0.39 is 5.97 Å². The Hall–Kier alpha value is -0.570. The van der Waals surface area contributed by atoms with Gasteiger partial charge in [-0.1, -0.05) is 13.3 Å². The fourth-order valence-electron chi connectivity index (χ4n) is 2.65. The van der Waals surface area contributed by atoms with Crippen LogP contribution in [0.3, 0.4) is 0 Å². The fourth-order valence-corrected chi connectivity index (χ4v) is 2.65. The molecule has 1 rings (SSSR count). The number of carbonyl (C=O) groups is 1. The molecule has 1 aliphatic rings. The molecule has 1 heterocycles. The first kappa shape index (κ1) is 12.5. The highest BCUT2D eigenvalue weighted by Crippen LogP contribution is 2.25. The summed E-state index contributed by atoms with van der Waals surface area (Å²) in [6.07, 6.45) is 4.03. The topological polar surface area (TPSA) is 40.5 Å². The predicted molar refractivity (Wildman–Crippen MR) is 60.9 cm³/mol. The van der Waals surface area contributed by atoms with Crippen LogP contribution >= 0.6 is 0 Å². The zero-order valence-corrected chi connectivity index (χ0v) is 10.1. The maximum absolute atomic E-state index is 10.9. The van der Waals surface area contributed by atoms with Crippen molar-refractivity contribution in [2.45, 2.75) is 58.5 Å². The van der Waals surface area contributed by atoms with Gasteiger partial charge in [-0.05, 0) is 39.7 Å². The van der Waals surface area contributed by atoms with E-state index >= 15 is 0 Å². The molecule has 0 spiro atoms. The highest BCUT2D eigenvalue weighted by Gasteiger charge is 2.31. The molecule has 1 aliphatic heterocycles. The van der Waals surface area contributed by atoms with Crippen LogP contribution in [-0.4, -0.2) is 34.6 Å². The minimum Gasteiger partial charge on any atom is -0.481 e. The Kier molecular flexibility index (Phi) is 4.58. The molecule has 0 saturated carbocycles. The lowest BCUT2D eigenvalue weighted by Crippen LogP contribution is -2.47. The standard InChI is InChI=1S/C12H23NO2/c1-4-5-9(2)13-7-6-11(12(14)15)8-10(13)3/h9-11H,4-8H2,1-3H3,(H,14,15). The number of piperidine rings is 1. The van der Waals surface area contributed by atoms with Gasteiger partial charge in [0.05, 0.1) is 5.92 Å². The molecule has 3 atom stereocenters. The summed E-state index contributed by atoms with van der Waals surface area (Å²) in [6, 6.07) is 1.01. The van der Waals surface area contributed by atoms with Crippen LogP contribution in [0.2, 0.25) is 0 Å². The van der Waals surface area contributed by atoms with E-state index in [4.69, 9.17) is 5.11 Å². The van der Waals surface area contributed by atoms with Crippen molar-refractivity contribution in [2.75, 3.05) is 6.54 Å². The first-order valence-corrected chi connectivity index (χ1v) is 6.04. The highest BCUT2D eigenvalue weighted by molar-refractivity contribution is 5.70. The number of carboxylic acids is 1. The number of hydrogen-bond acceptors (Lipinski definition) is 2. The third-order valence-corrected chi connectivity index (χ3v) is 3.55. The second kappa shape index (κ2) is 5.50. The average molecular weight is 213 g/mol. The number of likely N-dealkylation sites (tertiary alicyclic amines) is 1. The van der Waals surface area contributed by atoms with Gasteiger partial charge in [0.15, 0.2) is 0 Å². The Morgan fingerprint density at radius 1 is 1.60 bits per heavy atom. The molecule has 0 radical (unpaired) electrons. The van der Waals surface area contributed by atoms with Gasteiger partial charge in [0.2, 0.25) is 0 Å². The second-order valence-electron chi connectivity index (χ2n) is 4.78. The Labute approximate surface area is 92.5 Å². The maximum Gasteiger partial charge on any atom is 0.306 e. The summed E-state index contributed by atoms with van der Waals surface area (Å²) in [6.45, 7) is 7.55. The van der Waals surface area contributed by atoms with Gasteiger partial charge in [-0.25, -0.2) is 0 Å². The lowest BCUT2D eigenvalue weighted by atomic mass is 9.90. The highest BCUT2D eigenvalue weighted by atomic mass is 16.4. The van der Waals surface area contributed by atoms with Crippen LogP contribution in [0.25, 0.3) is 0 Å². The summed E-state index contributed by atoms with van der Waals surface area (Å²) in [4.78, 5) is 13.3. The number of aliphatic carboxylic acids is 1. The molecule has 0 aliphatic carbocycles. The molecule has 0 aromatic heterocycles. The van der Waals surface area contributed by atoms with E-state index in [1.807, 2.05) is 0 Å². The predicted octanol–water partition coefficient (Wildman–Crippen LogP) is 2.36. The summed E-state index contributed by atoms with van der Waals surface area (Å²) < 4.78 is 0. The van der Waals surface area contributed by atoms with Gasteiger partial charge < -0.3 is 5.11 Å². The first-order valence-electron chi connectivity index (χ1n) is 6.04. The van der Waals surface area contributed by atoms with Crippen molar-refractivity contribution in [2.24, 2.45) is 5.92 Å². The van der Waals surface area contributed by atoms with E-state index in [-0.39, 0.29) is 5.92 Å². The second-order valence-corrected chi connectivity index (χ2v) is 4.78. The van der Waals surface area contributed by atoms with Crippen molar-refractivity contribution in [3.05, 3.63) is 0 Å². The van der Waals surface area contributed by atoms with Gasteiger partial charge in [-0.2, -0.15) is 0 Å². The molecule has 15 heavy (non-hydrogen) atoms. The minimum absolute atomic E-state index is 0.120. The van der Waals surface area contributed by atoms with Crippen molar-refractivity contribution < 1.29 is 9.90 Å². The monoisotopic (exact) mass is 213 g/mol. The van der Waals surface area contributed by atoms with E-state index in [0.717, 1.165) is 19.4 Å². The average Bonchev–Trinajstić information content (AvgIpc) is 2.17. The third-order valence-electron chi connectivity index (χ3n) is 3.55. The van der Waals surface area contributed by atoms with E-state index in [1.165, 1.54) is 12.8 Å². The van der Waals surface area contributed by atoms with Crippen molar-refractivity contribution in [1.29, 1.82) is 0 Å². The van der Waals surface area contributed by atoms with Crippen LogP contribution < -0.4 is 0 Å². The summed E-state index contributed by atoms with van der Waals surface area (Å²) in [5.74, 6) is -0.741. The quantitative estimate of drug-likeness (QED) is 0.779. The summed E-state index contributed by atoms with van der Waals surface area (Å²) >= 11 is 0. The molecule has 88 valence electrons. The maximum atomic E-state index is 10.9. The Morgan fingerprint density at radius 2 is 2.27 bits per heavy atom. The first-order chi connectivity index (χ1) is 7.06. The van der Waals surface area contributed by atoms with Crippen molar-refractivity contribution in [3.63, 3.8) is 0 Å². The van der Waals surface area contributed by atoms with Crippen LogP contribution in [0.1, 0.15) is 46.5 Å². The van der Waals surface area contributed by atoms with E-state index in [2.05, 4.69) is 25.7 Å². The molecule has 3 unspecified atom stereocenters. The summed E-state index contributed by atoms with van der Waals surface area (Å²) in [5, 5.41) is 8.97. The number of rotatable bonds is 4. The Bertz CT molecular complexity index is 218. The van der Waals surface area contributed by atoms with Gasteiger partial charge in [0, 0.05) is 12.1 Å². The lowest BCUT2D eigenvalue weighted by Gasteiger charge is -2.40. The van der Waals surface area contributed by atoms with Gasteiger partial charge in [0.1, 0.15) is 0 Å². The largest absolute Gasteiger partial charge is 0.481 e. The van der Waals surface area contributed by atoms with Crippen molar-refractivity contribution in [3.8, 4) is 0 Å². The van der Waals surface area contributed by atoms with Crippen LogP contribution in [0, 0.1) is 5.92 Å². The normalized spacial score (nSPS) is 30.1. The molecule has 1 fully saturated rings. The molecule has 3 nitrogen and oxygen atoms in total. The molecule has 0 bridgehead atoms. The van der Waals surface area contributed by atoms with Gasteiger partial charge >= 0.3 is 5.97 Å². The summed E-state index contributed by atoms with van der Waals surface area (Å²) in [5.41, 5.74) is 0. The molecule has 0 aromatic carbocycles. The Balaban J connectivity index is 2.48. The van der Waals surface area contributed by atoms with Crippen LogP contribution in [0.4, 0.5) is 0 Å². The molecule has 3 heteroatoms. The Morgan fingerprint density at radius 3 is 2.73 bits per heavy atom. The van der Waals surface area contributed by atoms with Crippen LogP contribution in [-0.2, 0) is 4.79 Å². The zero-order chi connectivity index (χ0) is 11.4.